The van der Waals surface area contributed by atoms with E-state index in [0.29, 0.717) is 16.9 Å². The van der Waals surface area contributed by atoms with Crippen LogP contribution < -0.4 is 10.4 Å². The highest BCUT2D eigenvalue weighted by atomic mass is 19.1. The van der Waals surface area contributed by atoms with Gasteiger partial charge in [0, 0.05) is 25.0 Å². The van der Waals surface area contributed by atoms with Crippen molar-refractivity contribution in [2.45, 2.75) is 19.8 Å². The number of nitrogens with one attached hydrogen (secondary N) is 1. The zero-order chi connectivity index (χ0) is 17.6. The molecule has 3 heterocycles. The molecule has 0 aliphatic carbocycles. The van der Waals surface area contributed by atoms with Gasteiger partial charge >= 0.3 is 0 Å². The fraction of sp³-hybridized carbons (Fsp3) is 0.263. The number of nitrogens with zero attached hydrogens (tertiary/aromatic N) is 3. The number of hydrogen-bond donors (Lipinski definition) is 2. The maximum absolute atomic E-state index is 13.7. The molecule has 0 radical (unpaired) electrons. The monoisotopic (exact) mass is 338 g/mol. The van der Waals surface area contributed by atoms with E-state index in [9.17, 15) is 9.60 Å². The number of hydrogen-bond acceptors (Lipinski definition) is 5. The number of anilines is 2. The summed E-state index contributed by atoms with van der Waals surface area (Å²) >= 11 is 0. The Hall–Kier alpha value is -2.91. The Morgan fingerprint density at radius 3 is 2.80 bits per heavy atom. The first-order valence-electron chi connectivity index (χ1n) is 8.10. The predicted octanol–water partition coefficient (Wildman–Crippen LogP) is 3.30. The van der Waals surface area contributed by atoms with E-state index >= 15 is 0 Å². The second-order valence-electron chi connectivity index (χ2n) is 5.84. The molecule has 3 rings (SSSR count). The van der Waals surface area contributed by atoms with Gasteiger partial charge < -0.3 is 4.90 Å². The molecule has 5 nitrogen and oxygen atoms in total. The summed E-state index contributed by atoms with van der Waals surface area (Å²) < 4.78 is 13.7. The SMILES string of the molecule is Cc1ccc(C#CC=C2CCN(c3ncccc3NO)CC2)c(F)n1. The smallest absolute Gasteiger partial charge is 0.228 e. The molecule has 0 amide bonds. The third-order valence-corrected chi connectivity index (χ3v) is 4.08. The molecule has 2 aromatic rings. The maximum atomic E-state index is 13.7. The third kappa shape index (κ3) is 4.14. The first kappa shape index (κ1) is 16.9. The average Bonchev–Trinajstić information content (AvgIpc) is 2.64. The van der Waals surface area contributed by atoms with Crippen molar-refractivity contribution in [1.82, 2.24) is 9.97 Å². The fourth-order valence-electron chi connectivity index (χ4n) is 2.72. The van der Waals surface area contributed by atoms with Crippen LogP contribution in [-0.4, -0.2) is 28.3 Å². The van der Waals surface area contributed by atoms with Gasteiger partial charge in [-0.2, -0.15) is 4.39 Å². The van der Waals surface area contributed by atoms with Gasteiger partial charge in [-0.15, -0.1) is 0 Å². The highest BCUT2D eigenvalue weighted by Gasteiger charge is 2.17. The summed E-state index contributed by atoms with van der Waals surface area (Å²) in [4.78, 5) is 10.2. The van der Waals surface area contributed by atoms with Crippen molar-refractivity contribution in [1.29, 1.82) is 0 Å². The molecule has 0 atom stereocenters. The highest BCUT2D eigenvalue weighted by Crippen LogP contribution is 2.26. The van der Waals surface area contributed by atoms with Gasteiger partial charge in [-0.05, 0) is 50.1 Å². The van der Waals surface area contributed by atoms with Gasteiger partial charge in [0.15, 0.2) is 5.82 Å². The number of aryl methyl sites for hydroxylation is 1. The number of allylic oxidation sites excluding steroid dienone is 1. The molecule has 1 aliphatic rings. The van der Waals surface area contributed by atoms with Crippen LogP contribution in [0.25, 0.3) is 0 Å². The zero-order valence-electron chi connectivity index (χ0n) is 14.0. The third-order valence-electron chi connectivity index (χ3n) is 4.08. The van der Waals surface area contributed by atoms with Crippen molar-refractivity contribution in [2.75, 3.05) is 23.5 Å². The van der Waals surface area contributed by atoms with Crippen molar-refractivity contribution in [3.8, 4) is 11.8 Å². The number of halogens is 1. The van der Waals surface area contributed by atoms with Crippen LogP contribution in [0.2, 0.25) is 0 Å². The summed E-state index contributed by atoms with van der Waals surface area (Å²) in [6.07, 6.45) is 5.27. The lowest BCUT2D eigenvalue weighted by atomic mass is 10.0. The quantitative estimate of drug-likeness (QED) is 0.500. The largest absolute Gasteiger partial charge is 0.354 e. The lowest BCUT2D eigenvalue weighted by Gasteiger charge is -2.30. The van der Waals surface area contributed by atoms with E-state index in [-0.39, 0.29) is 0 Å². The molecule has 25 heavy (non-hydrogen) atoms. The number of piperidine rings is 1. The molecule has 0 spiro atoms. The van der Waals surface area contributed by atoms with E-state index in [1.807, 2.05) is 6.08 Å². The molecular weight excluding hydrogens is 319 g/mol. The molecule has 1 fully saturated rings. The van der Waals surface area contributed by atoms with Crippen molar-refractivity contribution in [3.63, 3.8) is 0 Å². The van der Waals surface area contributed by atoms with Crippen molar-refractivity contribution in [2.24, 2.45) is 0 Å². The molecule has 2 aromatic heterocycles. The number of aromatic nitrogens is 2. The standard InChI is InChI=1S/C19H19FN4O/c1-14-7-8-16(18(20)22-14)5-2-4-15-9-12-24(13-10-15)19-17(23-25)6-3-11-21-19/h3-4,6-8,11,23,25H,9-10,12-13H2,1H3. The van der Waals surface area contributed by atoms with Crippen LogP contribution >= 0.6 is 0 Å². The van der Waals surface area contributed by atoms with Crippen molar-refractivity contribution in [3.05, 3.63) is 59.3 Å². The summed E-state index contributed by atoms with van der Waals surface area (Å²) in [7, 11) is 0. The molecule has 0 aromatic carbocycles. The van der Waals surface area contributed by atoms with E-state index in [1.165, 1.54) is 5.57 Å². The summed E-state index contributed by atoms with van der Waals surface area (Å²) in [6.45, 7) is 3.33. The lowest BCUT2D eigenvalue weighted by Crippen LogP contribution is -2.31. The summed E-state index contributed by atoms with van der Waals surface area (Å²) in [5, 5.41) is 9.18. The Morgan fingerprint density at radius 2 is 2.08 bits per heavy atom. The molecule has 6 heteroatoms. The van der Waals surface area contributed by atoms with Crippen LogP contribution in [-0.2, 0) is 0 Å². The Labute approximate surface area is 146 Å². The van der Waals surface area contributed by atoms with Gasteiger partial charge in [-0.1, -0.05) is 17.4 Å². The molecule has 1 saturated heterocycles. The minimum absolute atomic E-state index is 0.312. The Bertz CT molecular complexity index is 844. The molecule has 2 N–H and O–H groups in total. The van der Waals surface area contributed by atoms with E-state index in [2.05, 4.69) is 32.2 Å². The zero-order valence-corrected chi connectivity index (χ0v) is 14.0. The van der Waals surface area contributed by atoms with Crippen LogP contribution in [0.15, 0.2) is 42.1 Å². The Balaban J connectivity index is 1.64. The first-order valence-corrected chi connectivity index (χ1v) is 8.10. The van der Waals surface area contributed by atoms with Gasteiger partial charge in [0.2, 0.25) is 5.95 Å². The normalized spacial score (nSPS) is 13.9. The number of pyridine rings is 2. The topological polar surface area (TPSA) is 61.3 Å². The van der Waals surface area contributed by atoms with E-state index in [0.717, 1.165) is 31.7 Å². The molecule has 0 bridgehead atoms. The summed E-state index contributed by atoms with van der Waals surface area (Å²) in [5.41, 5.74) is 4.95. The van der Waals surface area contributed by atoms with Crippen LogP contribution in [0.4, 0.5) is 15.9 Å². The second kappa shape index (κ2) is 7.77. The summed E-state index contributed by atoms with van der Waals surface area (Å²) in [5.74, 6) is 5.96. The molecule has 0 unspecified atom stereocenters. The van der Waals surface area contributed by atoms with E-state index < -0.39 is 5.95 Å². The van der Waals surface area contributed by atoms with Crippen LogP contribution in [0.3, 0.4) is 0 Å². The van der Waals surface area contributed by atoms with E-state index in [4.69, 9.17) is 0 Å². The van der Waals surface area contributed by atoms with Crippen LogP contribution in [0.1, 0.15) is 24.1 Å². The van der Waals surface area contributed by atoms with Gasteiger partial charge in [-0.25, -0.2) is 9.97 Å². The van der Waals surface area contributed by atoms with Gasteiger partial charge in [0.1, 0.15) is 5.69 Å². The Morgan fingerprint density at radius 1 is 1.28 bits per heavy atom. The fourth-order valence-corrected chi connectivity index (χ4v) is 2.72. The minimum Gasteiger partial charge on any atom is -0.354 e. The molecule has 128 valence electrons. The van der Waals surface area contributed by atoms with Crippen molar-refractivity contribution >= 4 is 11.5 Å². The Kier molecular flexibility index (Phi) is 5.26. The lowest BCUT2D eigenvalue weighted by molar-refractivity contribution is 0.388. The second-order valence-corrected chi connectivity index (χ2v) is 5.84. The predicted molar refractivity (Wildman–Crippen MR) is 95.0 cm³/mol. The molecular formula is C19H19FN4O. The maximum Gasteiger partial charge on any atom is 0.228 e. The van der Waals surface area contributed by atoms with Gasteiger partial charge in [0.25, 0.3) is 0 Å². The van der Waals surface area contributed by atoms with Crippen molar-refractivity contribution < 1.29 is 9.60 Å². The molecule has 0 saturated carbocycles. The van der Waals surface area contributed by atoms with Gasteiger partial charge in [0.05, 0.1) is 5.56 Å². The summed E-state index contributed by atoms with van der Waals surface area (Å²) in [6, 6.07) is 6.95. The van der Waals surface area contributed by atoms with E-state index in [1.54, 1.807) is 37.4 Å². The van der Waals surface area contributed by atoms with Gasteiger partial charge in [-0.3, -0.25) is 10.7 Å². The minimum atomic E-state index is -0.528. The van der Waals surface area contributed by atoms with Crippen LogP contribution in [0, 0.1) is 24.7 Å². The number of rotatable bonds is 2. The highest BCUT2D eigenvalue weighted by molar-refractivity contribution is 5.64. The first-order chi connectivity index (χ1) is 12.2. The van der Waals surface area contributed by atoms with Crippen LogP contribution in [0.5, 0.6) is 0 Å². The average molecular weight is 338 g/mol. The molecule has 1 aliphatic heterocycles.